The van der Waals surface area contributed by atoms with Gasteiger partial charge in [0.15, 0.2) is 12.1 Å². The van der Waals surface area contributed by atoms with Gasteiger partial charge >= 0.3 is 0 Å². The quantitative estimate of drug-likeness (QED) is 0.513. The molecule has 0 saturated heterocycles. The molecule has 0 aromatic carbocycles. The largest absolute Gasteiger partial charge is 0.337 e. The zero-order valence-electron chi connectivity index (χ0n) is 11.2. The van der Waals surface area contributed by atoms with Crippen molar-refractivity contribution in [2.75, 3.05) is 7.05 Å². The highest BCUT2D eigenvalue weighted by Crippen LogP contribution is 2.27. The monoisotopic (exact) mass is 255 g/mol. The number of carbonyl (C=O) groups is 1. The second-order valence-corrected chi connectivity index (χ2v) is 4.23. The number of hydrogen-bond donors (Lipinski definition) is 1. The maximum absolute atomic E-state index is 11.0. The summed E-state index contributed by atoms with van der Waals surface area (Å²) in [5, 5.41) is 3.13. The fourth-order valence-electron chi connectivity index (χ4n) is 2.11. The van der Waals surface area contributed by atoms with Gasteiger partial charge in [0, 0.05) is 24.5 Å². The molecule has 4 heteroatoms. The molecule has 1 aromatic rings. The van der Waals surface area contributed by atoms with Gasteiger partial charge in [0.2, 0.25) is 0 Å². The standard InChI is InChI=1S/C15H17N3O/c1-3-11-6-4-8-13-12(7-5-9-17-13)15(11)18-14(10-19)16-2/h4-5,7-10H,3,6H2,1-2H3,(H,16,18). The molecule has 0 amide bonds. The molecular weight excluding hydrogens is 238 g/mol. The normalized spacial score (nSPS) is 14.9. The van der Waals surface area contributed by atoms with Crippen LogP contribution in [0.25, 0.3) is 11.8 Å². The number of carbonyl (C=O) groups excluding carboxylic acids is 1. The Morgan fingerprint density at radius 1 is 1.58 bits per heavy atom. The number of hydrogen-bond acceptors (Lipinski definition) is 3. The van der Waals surface area contributed by atoms with Crippen molar-refractivity contribution in [1.29, 1.82) is 0 Å². The number of fused-ring (bicyclic) bond motifs is 1. The van der Waals surface area contributed by atoms with Gasteiger partial charge in [-0.25, -0.2) is 0 Å². The molecule has 98 valence electrons. The zero-order valence-corrected chi connectivity index (χ0v) is 11.2. The molecule has 0 atom stereocenters. The smallest absolute Gasteiger partial charge is 0.184 e. The number of nitrogens with zero attached hydrogens (tertiary/aromatic N) is 2. The summed E-state index contributed by atoms with van der Waals surface area (Å²) in [6.07, 6.45) is 8.38. The first-order valence-electron chi connectivity index (χ1n) is 6.33. The molecule has 1 aromatic heterocycles. The summed E-state index contributed by atoms with van der Waals surface area (Å²) in [6.45, 7) is 2.11. The average Bonchev–Trinajstić information content (AvgIpc) is 2.63. The lowest BCUT2D eigenvalue weighted by atomic mass is 10.0. The van der Waals surface area contributed by atoms with Crippen molar-refractivity contribution in [3.63, 3.8) is 0 Å². The first-order chi connectivity index (χ1) is 9.30. The summed E-state index contributed by atoms with van der Waals surface area (Å²) in [7, 11) is 1.60. The lowest BCUT2D eigenvalue weighted by Crippen LogP contribution is -2.24. The minimum Gasteiger partial charge on any atom is -0.337 e. The second kappa shape index (κ2) is 6.09. The van der Waals surface area contributed by atoms with E-state index in [1.807, 2.05) is 18.2 Å². The number of pyridine rings is 1. The van der Waals surface area contributed by atoms with Crippen LogP contribution in [0.1, 0.15) is 31.0 Å². The minimum atomic E-state index is 0.331. The molecule has 0 aliphatic heterocycles. The number of nitrogens with one attached hydrogen (secondary N) is 1. The third kappa shape index (κ3) is 2.78. The van der Waals surface area contributed by atoms with E-state index in [0.29, 0.717) is 5.84 Å². The Morgan fingerprint density at radius 3 is 3.11 bits per heavy atom. The fourth-order valence-corrected chi connectivity index (χ4v) is 2.11. The molecule has 0 spiro atoms. The van der Waals surface area contributed by atoms with Crippen molar-refractivity contribution < 1.29 is 4.79 Å². The average molecular weight is 255 g/mol. The van der Waals surface area contributed by atoms with E-state index in [2.05, 4.69) is 28.3 Å². The van der Waals surface area contributed by atoms with E-state index in [1.165, 1.54) is 5.57 Å². The Hall–Kier alpha value is -2.23. The molecule has 0 fully saturated rings. The summed E-state index contributed by atoms with van der Waals surface area (Å²) < 4.78 is 0. The Balaban J connectivity index is 2.52. The Bertz CT molecular complexity index is 571. The van der Waals surface area contributed by atoms with Gasteiger partial charge in [0.05, 0.1) is 5.69 Å². The lowest BCUT2D eigenvalue weighted by molar-refractivity contribution is -0.102. The van der Waals surface area contributed by atoms with Gasteiger partial charge < -0.3 is 5.32 Å². The van der Waals surface area contributed by atoms with Crippen LogP contribution >= 0.6 is 0 Å². The van der Waals surface area contributed by atoms with E-state index in [4.69, 9.17) is 0 Å². The second-order valence-electron chi connectivity index (χ2n) is 4.23. The first kappa shape index (κ1) is 13.2. The molecular formula is C15H17N3O. The maximum Gasteiger partial charge on any atom is 0.184 e. The number of allylic oxidation sites excluding steroid dienone is 2. The van der Waals surface area contributed by atoms with E-state index < -0.39 is 0 Å². The number of rotatable bonds is 3. The number of amidine groups is 1. The van der Waals surface area contributed by atoms with Crippen LogP contribution in [-0.4, -0.2) is 24.2 Å². The van der Waals surface area contributed by atoms with Crippen molar-refractivity contribution in [2.24, 2.45) is 4.99 Å². The van der Waals surface area contributed by atoms with Crippen LogP contribution in [0.3, 0.4) is 0 Å². The molecule has 0 radical (unpaired) electrons. The summed E-state index contributed by atoms with van der Waals surface area (Å²) in [4.78, 5) is 19.3. The Morgan fingerprint density at radius 2 is 2.42 bits per heavy atom. The van der Waals surface area contributed by atoms with Gasteiger partial charge in [0.25, 0.3) is 0 Å². The van der Waals surface area contributed by atoms with Gasteiger partial charge in [-0.05, 0) is 36.6 Å². The summed E-state index contributed by atoms with van der Waals surface area (Å²) in [5.41, 5.74) is 4.11. The van der Waals surface area contributed by atoms with Crippen LogP contribution in [-0.2, 0) is 4.79 Å². The predicted molar refractivity (Wildman–Crippen MR) is 77.7 cm³/mol. The van der Waals surface area contributed by atoms with E-state index in [0.717, 1.165) is 36.1 Å². The summed E-state index contributed by atoms with van der Waals surface area (Å²) in [5.74, 6) is 0.331. The molecule has 0 bridgehead atoms. The Labute approximate surface area is 113 Å². The molecule has 0 saturated carbocycles. The van der Waals surface area contributed by atoms with Crippen molar-refractivity contribution in [2.45, 2.75) is 19.8 Å². The van der Waals surface area contributed by atoms with Crippen molar-refractivity contribution >= 4 is 23.9 Å². The van der Waals surface area contributed by atoms with Crippen LogP contribution in [0.4, 0.5) is 0 Å². The first-order valence-corrected chi connectivity index (χ1v) is 6.33. The van der Waals surface area contributed by atoms with Gasteiger partial charge in [-0.1, -0.05) is 13.0 Å². The van der Waals surface area contributed by atoms with Gasteiger partial charge in [-0.15, -0.1) is 0 Å². The lowest BCUT2D eigenvalue weighted by Gasteiger charge is -2.15. The third-order valence-corrected chi connectivity index (χ3v) is 3.13. The number of aromatic nitrogens is 1. The molecule has 4 nitrogen and oxygen atoms in total. The van der Waals surface area contributed by atoms with Gasteiger partial charge in [-0.2, -0.15) is 0 Å². The Kier molecular flexibility index (Phi) is 4.23. The molecule has 1 heterocycles. The molecule has 19 heavy (non-hydrogen) atoms. The topological polar surface area (TPSA) is 54.4 Å². The minimum absolute atomic E-state index is 0.331. The van der Waals surface area contributed by atoms with E-state index in [1.54, 1.807) is 13.2 Å². The highest BCUT2D eigenvalue weighted by atomic mass is 16.1. The van der Waals surface area contributed by atoms with Gasteiger partial charge in [0.1, 0.15) is 0 Å². The number of aldehydes is 1. The molecule has 1 aliphatic carbocycles. The molecule has 1 N–H and O–H groups in total. The van der Waals surface area contributed by atoms with E-state index >= 15 is 0 Å². The number of aliphatic imine (C=N–C) groups is 1. The van der Waals surface area contributed by atoms with Crippen LogP contribution in [0.2, 0.25) is 0 Å². The third-order valence-electron chi connectivity index (χ3n) is 3.13. The van der Waals surface area contributed by atoms with Crippen LogP contribution in [0.5, 0.6) is 0 Å². The maximum atomic E-state index is 11.0. The SMILES string of the molecule is CCC1=C(NC(C=O)=NC)c2cccnc2C=CC1. The van der Waals surface area contributed by atoms with Gasteiger partial charge in [-0.3, -0.25) is 14.8 Å². The molecule has 1 aliphatic rings. The van der Waals surface area contributed by atoms with Crippen molar-refractivity contribution in [3.05, 3.63) is 41.2 Å². The highest BCUT2D eigenvalue weighted by Gasteiger charge is 2.15. The van der Waals surface area contributed by atoms with Crippen LogP contribution in [0, 0.1) is 0 Å². The fraction of sp³-hybridized carbons (Fsp3) is 0.267. The van der Waals surface area contributed by atoms with Crippen LogP contribution in [0.15, 0.2) is 35.0 Å². The predicted octanol–water partition coefficient (Wildman–Crippen LogP) is 2.44. The van der Waals surface area contributed by atoms with E-state index in [9.17, 15) is 4.79 Å². The zero-order chi connectivity index (χ0) is 13.7. The summed E-state index contributed by atoms with van der Waals surface area (Å²) in [6, 6.07) is 3.91. The van der Waals surface area contributed by atoms with Crippen molar-refractivity contribution in [1.82, 2.24) is 10.3 Å². The highest BCUT2D eigenvalue weighted by molar-refractivity contribution is 6.29. The molecule has 0 unspecified atom stereocenters. The molecule has 2 rings (SSSR count). The van der Waals surface area contributed by atoms with Crippen LogP contribution < -0.4 is 5.32 Å². The van der Waals surface area contributed by atoms with E-state index in [-0.39, 0.29) is 0 Å². The summed E-state index contributed by atoms with van der Waals surface area (Å²) >= 11 is 0. The van der Waals surface area contributed by atoms with Crippen molar-refractivity contribution in [3.8, 4) is 0 Å².